The van der Waals surface area contributed by atoms with Gasteiger partial charge in [-0.05, 0) is 12.5 Å². The first-order valence-corrected chi connectivity index (χ1v) is 3.17. The Morgan fingerprint density at radius 3 is 3.22 bits per heavy atom. The Bertz CT molecular complexity index is 127. The van der Waals surface area contributed by atoms with Crippen molar-refractivity contribution in [3.63, 3.8) is 0 Å². The summed E-state index contributed by atoms with van der Waals surface area (Å²) in [7, 11) is 0. The van der Waals surface area contributed by atoms with Gasteiger partial charge in [-0.1, -0.05) is 6.08 Å². The molecule has 1 rings (SSSR count). The number of carbonyl (C=O) groups is 1. The predicted octanol–water partition coefficient (Wildman–Crippen LogP) is 0.922. The van der Waals surface area contributed by atoms with E-state index in [-0.39, 0.29) is 5.78 Å². The number of rotatable bonds is 0. The summed E-state index contributed by atoms with van der Waals surface area (Å²) in [6.45, 7) is 1.34. The summed E-state index contributed by atoms with van der Waals surface area (Å²) < 4.78 is 5.07. The standard InChI is InChI=1S/C7H10O2/c8-7-3-1-2-5-9-6-4-7/h1,3H,2,4-6H2/b3-1-. The first-order chi connectivity index (χ1) is 4.39. The summed E-state index contributed by atoms with van der Waals surface area (Å²) in [6, 6.07) is 0. The average molecular weight is 126 g/mol. The van der Waals surface area contributed by atoms with Gasteiger partial charge >= 0.3 is 0 Å². The lowest BCUT2D eigenvalue weighted by Crippen LogP contribution is -2.04. The summed E-state index contributed by atoms with van der Waals surface area (Å²) in [4.78, 5) is 10.7. The van der Waals surface area contributed by atoms with Crippen molar-refractivity contribution in [2.45, 2.75) is 12.8 Å². The van der Waals surface area contributed by atoms with Crippen LogP contribution in [0, 0.1) is 0 Å². The van der Waals surface area contributed by atoms with Crippen molar-refractivity contribution >= 4 is 5.78 Å². The van der Waals surface area contributed by atoms with Crippen LogP contribution in [-0.2, 0) is 9.53 Å². The first kappa shape index (κ1) is 6.49. The molecule has 1 aliphatic heterocycles. The van der Waals surface area contributed by atoms with Crippen molar-refractivity contribution in [1.29, 1.82) is 0 Å². The molecule has 0 aromatic rings. The Labute approximate surface area is 54.5 Å². The number of hydrogen-bond acceptors (Lipinski definition) is 2. The molecule has 0 aromatic heterocycles. The fraction of sp³-hybridized carbons (Fsp3) is 0.571. The fourth-order valence-electron chi connectivity index (χ4n) is 0.724. The van der Waals surface area contributed by atoms with Crippen LogP contribution in [0.3, 0.4) is 0 Å². The van der Waals surface area contributed by atoms with Crippen LogP contribution in [0.15, 0.2) is 12.2 Å². The smallest absolute Gasteiger partial charge is 0.157 e. The van der Waals surface area contributed by atoms with Crippen LogP contribution in [0.25, 0.3) is 0 Å². The Morgan fingerprint density at radius 2 is 2.33 bits per heavy atom. The SMILES string of the molecule is O=C1/C=C\CCOCC1. The highest BCUT2D eigenvalue weighted by molar-refractivity contribution is 5.89. The molecule has 0 saturated carbocycles. The highest BCUT2D eigenvalue weighted by Crippen LogP contribution is 1.95. The van der Waals surface area contributed by atoms with Gasteiger partial charge in [-0.25, -0.2) is 0 Å². The first-order valence-electron chi connectivity index (χ1n) is 3.17. The molecule has 2 heteroatoms. The van der Waals surface area contributed by atoms with Gasteiger partial charge in [-0.3, -0.25) is 4.79 Å². The van der Waals surface area contributed by atoms with Crippen molar-refractivity contribution in [3.05, 3.63) is 12.2 Å². The molecule has 50 valence electrons. The largest absolute Gasteiger partial charge is 0.381 e. The lowest BCUT2D eigenvalue weighted by Gasteiger charge is -2.02. The maximum atomic E-state index is 10.7. The van der Waals surface area contributed by atoms with Gasteiger partial charge in [0.2, 0.25) is 0 Å². The molecule has 0 aliphatic carbocycles. The lowest BCUT2D eigenvalue weighted by atomic mass is 10.2. The second-order valence-electron chi connectivity index (χ2n) is 2.02. The molecule has 0 unspecified atom stereocenters. The quantitative estimate of drug-likeness (QED) is 0.482. The molecule has 9 heavy (non-hydrogen) atoms. The van der Waals surface area contributed by atoms with Crippen LogP contribution in [0.2, 0.25) is 0 Å². The van der Waals surface area contributed by atoms with Crippen LogP contribution in [-0.4, -0.2) is 19.0 Å². The Kier molecular flexibility index (Phi) is 2.46. The van der Waals surface area contributed by atoms with Gasteiger partial charge in [-0.2, -0.15) is 0 Å². The third-order valence-electron chi connectivity index (χ3n) is 1.23. The number of ether oxygens (including phenoxy) is 1. The van der Waals surface area contributed by atoms with Gasteiger partial charge < -0.3 is 4.74 Å². The van der Waals surface area contributed by atoms with Crippen molar-refractivity contribution in [2.24, 2.45) is 0 Å². The van der Waals surface area contributed by atoms with Gasteiger partial charge in [0.05, 0.1) is 13.2 Å². The summed E-state index contributed by atoms with van der Waals surface area (Å²) in [6.07, 6.45) is 4.91. The Morgan fingerprint density at radius 1 is 1.44 bits per heavy atom. The molecule has 1 aliphatic rings. The van der Waals surface area contributed by atoms with Gasteiger partial charge in [0.15, 0.2) is 5.78 Å². The van der Waals surface area contributed by atoms with Gasteiger partial charge in [0, 0.05) is 6.42 Å². The molecule has 0 bridgehead atoms. The van der Waals surface area contributed by atoms with Gasteiger partial charge in [-0.15, -0.1) is 0 Å². The molecule has 0 fully saturated rings. The van der Waals surface area contributed by atoms with E-state index in [1.807, 2.05) is 6.08 Å². The Hall–Kier alpha value is -0.630. The van der Waals surface area contributed by atoms with Crippen LogP contribution < -0.4 is 0 Å². The van der Waals surface area contributed by atoms with E-state index in [4.69, 9.17) is 4.74 Å². The second kappa shape index (κ2) is 3.41. The minimum Gasteiger partial charge on any atom is -0.381 e. The van der Waals surface area contributed by atoms with E-state index >= 15 is 0 Å². The van der Waals surface area contributed by atoms with E-state index in [0.29, 0.717) is 13.0 Å². The minimum absolute atomic E-state index is 0.176. The normalized spacial score (nSPS) is 24.7. The third-order valence-corrected chi connectivity index (χ3v) is 1.23. The highest BCUT2D eigenvalue weighted by Gasteiger charge is 1.98. The van der Waals surface area contributed by atoms with Gasteiger partial charge in [0.1, 0.15) is 0 Å². The highest BCUT2D eigenvalue weighted by atomic mass is 16.5. The number of allylic oxidation sites excluding steroid dienone is 1. The predicted molar refractivity (Wildman–Crippen MR) is 34.2 cm³/mol. The van der Waals surface area contributed by atoms with Gasteiger partial charge in [0.25, 0.3) is 0 Å². The monoisotopic (exact) mass is 126 g/mol. The Balaban J connectivity index is 2.39. The van der Waals surface area contributed by atoms with Crippen molar-refractivity contribution in [2.75, 3.05) is 13.2 Å². The molecular formula is C7H10O2. The third kappa shape index (κ3) is 2.42. The lowest BCUT2D eigenvalue weighted by molar-refractivity contribution is -0.115. The van der Waals surface area contributed by atoms with E-state index in [2.05, 4.69) is 0 Å². The van der Waals surface area contributed by atoms with Crippen LogP contribution >= 0.6 is 0 Å². The molecule has 0 saturated heterocycles. The van der Waals surface area contributed by atoms with Crippen molar-refractivity contribution in [3.8, 4) is 0 Å². The van der Waals surface area contributed by atoms with E-state index in [9.17, 15) is 4.79 Å². The number of hydrogen-bond donors (Lipinski definition) is 0. The van der Waals surface area contributed by atoms with Crippen LogP contribution in [0.5, 0.6) is 0 Å². The molecule has 0 amide bonds. The van der Waals surface area contributed by atoms with E-state index in [0.717, 1.165) is 13.0 Å². The van der Waals surface area contributed by atoms with Crippen molar-refractivity contribution in [1.82, 2.24) is 0 Å². The topological polar surface area (TPSA) is 26.3 Å². The summed E-state index contributed by atoms with van der Waals surface area (Å²) in [5.74, 6) is 0.176. The molecule has 0 radical (unpaired) electrons. The zero-order valence-corrected chi connectivity index (χ0v) is 5.30. The average Bonchev–Trinajstić information content (AvgIpc) is 1.79. The van der Waals surface area contributed by atoms with Crippen LogP contribution in [0.1, 0.15) is 12.8 Å². The molecule has 0 aromatic carbocycles. The van der Waals surface area contributed by atoms with Crippen molar-refractivity contribution < 1.29 is 9.53 Å². The zero-order valence-electron chi connectivity index (χ0n) is 5.30. The summed E-state index contributed by atoms with van der Waals surface area (Å²) in [5, 5.41) is 0. The van der Waals surface area contributed by atoms with E-state index < -0.39 is 0 Å². The molecular weight excluding hydrogens is 116 g/mol. The number of ketones is 1. The summed E-state index contributed by atoms with van der Waals surface area (Å²) in [5.41, 5.74) is 0. The molecule has 0 N–H and O–H groups in total. The molecule has 0 spiro atoms. The maximum absolute atomic E-state index is 10.7. The zero-order chi connectivity index (χ0) is 6.53. The van der Waals surface area contributed by atoms with E-state index in [1.165, 1.54) is 0 Å². The molecule has 1 heterocycles. The minimum atomic E-state index is 0.176. The fourth-order valence-corrected chi connectivity index (χ4v) is 0.724. The maximum Gasteiger partial charge on any atom is 0.157 e. The second-order valence-corrected chi connectivity index (χ2v) is 2.02. The molecule has 2 nitrogen and oxygen atoms in total. The summed E-state index contributed by atoms with van der Waals surface area (Å²) >= 11 is 0. The molecule has 0 atom stereocenters. The van der Waals surface area contributed by atoms with E-state index in [1.54, 1.807) is 6.08 Å². The van der Waals surface area contributed by atoms with Crippen LogP contribution in [0.4, 0.5) is 0 Å². The number of carbonyl (C=O) groups excluding carboxylic acids is 1.